The third-order valence-electron chi connectivity index (χ3n) is 4.77. The van der Waals surface area contributed by atoms with Crippen molar-refractivity contribution < 1.29 is 65.5 Å². The molecule has 0 aromatic heterocycles. The van der Waals surface area contributed by atoms with Crippen LogP contribution in [0.4, 0.5) is 26.3 Å². The standard InChI is InChI=1S/C25H22F6O8/c26-24(27,28)38-22-13-15(3-7-20(22)35)1-5-18(33)17(9-11-37-12-10-32)19(34)6-2-16-4-8-21(36)23(14-16)39-25(29,30)31/h1-8,13-14,17,32,35-36H,9-12H2. The quantitative estimate of drug-likeness (QED) is 0.138. The summed E-state index contributed by atoms with van der Waals surface area (Å²) in [5.41, 5.74) is 0.0555. The maximum Gasteiger partial charge on any atom is 0.573 e. The van der Waals surface area contributed by atoms with E-state index in [0.29, 0.717) is 0 Å². The van der Waals surface area contributed by atoms with Crippen molar-refractivity contribution in [3.63, 3.8) is 0 Å². The Morgan fingerprint density at radius 3 is 1.59 bits per heavy atom. The summed E-state index contributed by atoms with van der Waals surface area (Å²) in [6, 6.07) is 5.84. The Hall–Kier alpha value is -4.04. The minimum absolute atomic E-state index is 0.0277. The predicted octanol–water partition coefficient (Wildman–Crippen LogP) is 4.78. The van der Waals surface area contributed by atoms with Gasteiger partial charge in [0, 0.05) is 6.61 Å². The number of benzene rings is 2. The minimum atomic E-state index is -5.08. The summed E-state index contributed by atoms with van der Waals surface area (Å²) in [4.78, 5) is 25.6. The second kappa shape index (κ2) is 13.7. The number of alkyl halides is 6. The number of aliphatic hydroxyl groups excluding tert-OH is 1. The van der Waals surface area contributed by atoms with E-state index in [1.54, 1.807) is 0 Å². The molecule has 39 heavy (non-hydrogen) atoms. The van der Waals surface area contributed by atoms with Crippen LogP contribution in [0.25, 0.3) is 12.2 Å². The van der Waals surface area contributed by atoms with Gasteiger partial charge in [-0.15, -0.1) is 26.3 Å². The number of aromatic hydroxyl groups is 2. The highest BCUT2D eigenvalue weighted by Gasteiger charge is 2.33. The van der Waals surface area contributed by atoms with Crippen molar-refractivity contribution in [3.05, 3.63) is 59.7 Å². The van der Waals surface area contributed by atoms with Gasteiger partial charge in [0.2, 0.25) is 0 Å². The first-order valence-corrected chi connectivity index (χ1v) is 11.0. The van der Waals surface area contributed by atoms with Gasteiger partial charge in [0.1, 0.15) is 0 Å². The zero-order valence-electron chi connectivity index (χ0n) is 19.8. The summed E-state index contributed by atoms with van der Waals surface area (Å²) in [6.07, 6.45) is -6.31. The molecule has 0 aliphatic heterocycles. The zero-order chi connectivity index (χ0) is 29.2. The van der Waals surface area contributed by atoms with Crippen molar-refractivity contribution >= 4 is 23.7 Å². The smallest absolute Gasteiger partial charge is 0.504 e. The summed E-state index contributed by atoms with van der Waals surface area (Å²) < 4.78 is 87.5. The van der Waals surface area contributed by atoms with Crippen LogP contribution >= 0.6 is 0 Å². The van der Waals surface area contributed by atoms with Crippen LogP contribution in [-0.4, -0.2) is 59.4 Å². The van der Waals surface area contributed by atoms with Crippen LogP contribution in [0.1, 0.15) is 17.5 Å². The van der Waals surface area contributed by atoms with Crippen molar-refractivity contribution in [2.45, 2.75) is 19.1 Å². The lowest BCUT2D eigenvalue weighted by molar-refractivity contribution is -0.276. The van der Waals surface area contributed by atoms with Gasteiger partial charge in [-0.05, 0) is 54.0 Å². The zero-order valence-corrected chi connectivity index (χ0v) is 19.8. The number of ether oxygens (including phenoxy) is 3. The number of carbonyl (C=O) groups excluding carboxylic acids is 2. The fraction of sp³-hybridized carbons (Fsp3) is 0.280. The molecule has 0 fully saturated rings. The van der Waals surface area contributed by atoms with Crippen LogP contribution in [0.3, 0.4) is 0 Å². The molecular formula is C25H22F6O8. The van der Waals surface area contributed by atoms with Crippen LogP contribution in [0.2, 0.25) is 0 Å². The van der Waals surface area contributed by atoms with Gasteiger partial charge in [-0.3, -0.25) is 9.59 Å². The van der Waals surface area contributed by atoms with Crippen molar-refractivity contribution in [2.75, 3.05) is 19.8 Å². The van der Waals surface area contributed by atoms with Gasteiger partial charge in [-0.25, -0.2) is 0 Å². The van der Waals surface area contributed by atoms with E-state index < -0.39 is 53.2 Å². The number of hydrogen-bond donors (Lipinski definition) is 3. The third-order valence-corrected chi connectivity index (χ3v) is 4.77. The first-order valence-electron chi connectivity index (χ1n) is 11.0. The fourth-order valence-corrected chi connectivity index (χ4v) is 3.06. The molecule has 0 spiro atoms. The molecule has 0 atom stereocenters. The second-order valence-electron chi connectivity index (χ2n) is 7.70. The van der Waals surface area contributed by atoms with Gasteiger partial charge in [-0.2, -0.15) is 0 Å². The lowest BCUT2D eigenvalue weighted by atomic mass is 9.94. The fourth-order valence-electron chi connectivity index (χ4n) is 3.06. The number of allylic oxidation sites excluding steroid dienone is 2. The lowest BCUT2D eigenvalue weighted by Gasteiger charge is -2.12. The monoisotopic (exact) mass is 564 g/mol. The number of halogens is 6. The SMILES string of the molecule is O=C(C=Cc1ccc(O)c(OC(F)(F)F)c1)C(CCOCCO)C(=O)C=Cc1ccc(O)c(OC(F)(F)F)c1. The van der Waals surface area contributed by atoms with E-state index >= 15 is 0 Å². The molecule has 2 aromatic rings. The first-order chi connectivity index (χ1) is 18.2. The molecule has 0 heterocycles. The highest BCUT2D eigenvalue weighted by atomic mass is 19.4. The number of rotatable bonds is 13. The summed E-state index contributed by atoms with van der Waals surface area (Å²) in [7, 11) is 0. The van der Waals surface area contributed by atoms with Gasteiger partial charge in [0.15, 0.2) is 34.6 Å². The molecule has 0 unspecified atom stereocenters. The molecule has 0 saturated carbocycles. The molecule has 0 bridgehead atoms. The Balaban J connectivity index is 2.23. The van der Waals surface area contributed by atoms with Gasteiger partial charge < -0.3 is 29.5 Å². The van der Waals surface area contributed by atoms with E-state index in [9.17, 15) is 46.1 Å². The molecule has 3 N–H and O–H groups in total. The molecule has 0 amide bonds. The van der Waals surface area contributed by atoms with Gasteiger partial charge >= 0.3 is 12.7 Å². The van der Waals surface area contributed by atoms with Crippen LogP contribution < -0.4 is 9.47 Å². The van der Waals surface area contributed by atoms with E-state index in [4.69, 9.17) is 9.84 Å². The van der Waals surface area contributed by atoms with Crippen molar-refractivity contribution in [1.29, 1.82) is 0 Å². The summed E-state index contributed by atoms with van der Waals surface area (Å²) in [5.74, 6) is -6.34. The number of carbonyl (C=O) groups is 2. The van der Waals surface area contributed by atoms with E-state index in [1.165, 1.54) is 12.1 Å². The molecular weight excluding hydrogens is 542 g/mol. The Morgan fingerprint density at radius 1 is 0.769 bits per heavy atom. The summed E-state index contributed by atoms with van der Waals surface area (Å²) in [5, 5.41) is 27.9. The molecule has 0 saturated heterocycles. The van der Waals surface area contributed by atoms with Gasteiger partial charge in [0.05, 0.1) is 19.1 Å². The third kappa shape index (κ3) is 11.1. The molecule has 2 rings (SSSR count). The van der Waals surface area contributed by atoms with Crippen molar-refractivity contribution in [3.8, 4) is 23.0 Å². The predicted molar refractivity (Wildman–Crippen MR) is 124 cm³/mol. The second-order valence-corrected chi connectivity index (χ2v) is 7.70. The molecule has 212 valence electrons. The number of phenolic OH excluding ortho intramolecular Hbond substituents is 2. The van der Waals surface area contributed by atoms with Crippen LogP contribution in [0.15, 0.2) is 48.6 Å². The number of phenols is 2. The van der Waals surface area contributed by atoms with Crippen molar-refractivity contribution in [2.24, 2.45) is 5.92 Å². The Kier molecular flexibility index (Phi) is 10.9. The number of ketones is 2. The topological polar surface area (TPSA) is 123 Å². The Bertz CT molecular complexity index is 1120. The molecule has 8 nitrogen and oxygen atoms in total. The van der Waals surface area contributed by atoms with Crippen LogP contribution in [-0.2, 0) is 14.3 Å². The number of hydrogen-bond acceptors (Lipinski definition) is 8. The highest BCUT2D eigenvalue weighted by molar-refractivity contribution is 6.13. The molecule has 2 aromatic carbocycles. The Labute approximate surface area is 217 Å². The molecule has 0 aliphatic rings. The average molecular weight is 564 g/mol. The average Bonchev–Trinajstić information content (AvgIpc) is 2.83. The normalized spacial score (nSPS) is 13.1. The Morgan fingerprint density at radius 2 is 1.21 bits per heavy atom. The van der Waals surface area contributed by atoms with Gasteiger partial charge in [0.25, 0.3) is 0 Å². The van der Waals surface area contributed by atoms with E-state index in [2.05, 4.69) is 9.47 Å². The van der Waals surface area contributed by atoms with Crippen LogP contribution in [0.5, 0.6) is 23.0 Å². The lowest BCUT2D eigenvalue weighted by Crippen LogP contribution is -2.23. The number of aliphatic hydroxyl groups is 1. The van der Waals surface area contributed by atoms with Gasteiger partial charge in [-0.1, -0.05) is 24.3 Å². The van der Waals surface area contributed by atoms with Crippen molar-refractivity contribution in [1.82, 2.24) is 0 Å². The van der Waals surface area contributed by atoms with E-state index in [1.807, 2.05) is 0 Å². The minimum Gasteiger partial charge on any atom is -0.504 e. The maximum atomic E-state index is 12.8. The highest BCUT2D eigenvalue weighted by Crippen LogP contribution is 2.33. The largest absolute Gasteiger partial charge is 0.573 e. The van der Waals surface area contributed by atoms with Crippen LogP contribution in [0, 0.1) is 5.92 Å². The van der Waals surface area contributed by atoms with E-state index in [-0.39, 0.29) is 37.4 Å². The maximum absolute atomic E-state index is 12.8. The summed E-state index contributed by atoms with van der Waals surface area (Å²) >= 11 is 0. The first kappa shape index (κ1) is 31.2. The molecule has 14 heteroatoms. The molecule has 0 aliphatic carbocycles. The molecule has 0 radical (unpaired) electrons. The van der Waals surface area contributed by atoms with E-state index in [0.717, 1.165) is 48.6 Å². The summed E-state index contributed by atoms with van der Waals surface area (Å²) in [6.45, 7) is -0.527.